The smallest absolute Gasteiger partial charge is 0.258 e. The van der Waals surface area contributed by atoms with Gasteiger partial charge in [0.2, 0.25) is 10.0 Å². The SMILES string of the molecule is Cc1ccc([N+](=O)[O-])cc1S(=O)(=O)NC12CC3CC(CC(C3)C1)C2. The van der Waals surface area contributed by atoms with Gasteiger partial charge in [0.15, 0.2) is 0 Å². The van der Waals surface area contributed by atoms with Crippen molar-refractivity contribution in [2.24, 2.45) is 17.8 Å². The van der Waals surface area contributed by atoms with Crippen LogP contribution >= 0.6 is 0 Å². The first-order valence-corrected chi connectivity index (χ1v) is 10.0. The summed E-state index contributed by atoms with van der Waals surface area (Å²) in [5.74, 6) is 1.89. The molecule has 0 aromatic heterocycles. The quantitative estimate of drug-likeness (QED) is 0.667. The van der Waals surface area contributed by atoms with Gasteiger partial charge in [0.05, 0.1) is 9.82 Å². The van der Waals surface area contributed by atoms with E-state index >= 15 is 0 Å². The second-order valence-corrected chi connectivity index (χ2v) is 9.66. The highest BCUT2D eigenvalue weighted by atomic mass is 32.2. The first kappa shape index (κ1) is 16.0. The van der Waals surface area contributed by atoms with E-state index < -0.39 is 14.9 Å². The van der Waals surface area contributed by atoms with Crippen LogP contribution < -0.4 is 4.72 Å². The first-order chi connectivity index (χ1) is 11.3. The van der Waals surface area contributed by atoms with E-state index in [1.54, 1.807) is 6.92 Å². The molecular weight excluding hydrogens is 328 g/mol. The second kappa shape index (κ2) is 5.26. The highest BCUT2D eigenvalue weighted by Gasteiger charge is 2.52. The van der Waals surface area contributed by atoms with E-state index in [1.807, 2.05) is 0 Å². The summed E-state index contributed by atoms with van der Waals surface area (Å²) >= 11 is 0. The van der Waals surface area contributed by atoms with Crippen LogP contribution in [0.1, 0.15) is 44.1 Å². The van der Waals surface area contributed by atoms with E-state index in [0.717, 1.165) is 19.3 Å². The predicted molar refractivity (Wildman–Crippen MR) is 89.1 cm³/mol. The van der Waals surface area contributed by atoms with Crippen molar-refractivity contribution in [1.82, 2.24) is 4.72 Å². The van der Waals surface area contributed by atoms with Crippen LogP contribution in [0, 0.1) is 34.8 Å². The number of nitrogens with zero attached hydrogens (tertiary/aromatic N) is 1. The van der Waals surface area contributed by atoms with Crippen molar-refractivity contribution in [3.05, 3.63) is 33.9 Å². The van der Waals surface area contributed by atoms with Gasteiger partial charge >= 0.3 is 0 Å². The Hall–Kier alpha value is -1.47. The van der Waals surface area contributed by atoms with Gasteiger partial charge in [0.1, 0.15) is 0 Å². The maximum absolute atomic E-state index is 13.0. The zero-order valence-electron chi connectivity index (χ0n) is 13.7. The van der Waals surface area contributed by atoms with E-state index in [0.29, 0.717) is 23.3 Å². The number of hydrogen-bond donors (Lipinski definition) is 1. The summed E-state index contributed by atoms with van der Waals surface area (Å²) < 4.78 is 28.9. The summed E-state index contributed by atoms with van der Waals surface area (Å²) in [5.41, 5.74) is 0.00860. The standard InChI is InChI=1S/C17H22N2O4S/c1-11-2-3-15(19(20)21)7-16(11)24(22,23)18-17-8-12-4-13(9-17)6-14(5-12)10-17/h2-3,7,12-14,18H,4-6,8-10H2,1H3. The molecule has 0 radical (unpaired) electrons. The number of non-ortho nitro benzene ring substituents is 1. The van der Waals surface area contributed by atoms with Crippen molar-refractivity contribution in [3.63, 3.8) is 0 Å². The molecule has 0 amide bonds. The lowest BCUT2D eigenvalue weighted by Crippen LogP contribution is -2.59. The Morgan fingerprint density at radius 2 is 1.67 bits per heavy atom. The molecule has 0 unspecified atom stereocenters. The van der Waals surface area contributed by atoms with Crippen molar-refractivity contribution in [2.45, 2.75) is 55.9 Å². The largest absolute Gasteiger partial charge is 0.270 e. The van der Waals surface area contributed by atoms with Crippen LogP contribution in [0.5, 0.6) is 0 Å². The monoisotopic (exact) mass is 350 g/mol. The molecule has 0 atom stereocenters. The lowest BCUT2D eigenvalue weighted by molar-refractivity contribution is -0.385. The highest BCUT2D eigenvalue weighted by molar-refractivity contribution is 7.89. The molecule has 5 rings (SSSR count). The Labute approximate surface area is 141 Å². The zero-order valence-corrected chi connectivity index (χ0v) is 14.5. The molecule has 1 N–H and O–H groups in total. The highest BCUT2D eigenvalue weighted by Crippen LogP contribution is 2.56. The third kappa shape index (κ3) is 2.63. The third-order valence-electron chi connectivity index (χ3n) is 6.06. The number of benzene rings is 1. The first-order valence-electron chi connectivity index (χ1n) is 8.55. The molecule has 4 fully saturated rings. The van der Waals surface area contributed by atoms with Gasteiger partial charge < -0.3 is 0 Å². The third-order valence-corrected chi connectivity index (χ3v) is 7.78. The fourth-order valence-corrected chi connectivity index (χ4v) is 7.27. The minimum atomic E-state index is -3.76. The van der Waals surface area contributed by atoms with E-state index in [1.165, 1.54) is 37.5 Å². The topological polar surface area (TPSA) is 89.3 Å². The normalized spacial score (nSPS) is 34.5. The lowest BCUT2D eigenvalue weighted by Gasteiger charge is -2.56. The average molecular weight is 350 g/mol. The van der Waals surface area contributed by atoms with Crippen molar-refractivity contribution in [1.29, 1.82) is 0 Å². The number of nitro benzene ring substituents is 1. The lowest BCUT2D eigenvalue weighted by atomic mass is 9.53. The Balaban J connectivity index is 1.67. The predicted octanol–water partition coefficient (Wildman–Crippen LogP) is 3.15. The zero-order chi connectivity index (χ0) is 17.1. The van der Waals surface area contributed by atoms with Crippen LogP contribution in [0.25, 0.3) is 0 Å². The van der Waals surface area contributed by atoms with Crippen LogP contribution in [0.4, 0.5) is 5.69 Å². The van der Waals surface area contributed by atoms with E-state index in [4.69, 9.17) is 0 Å². The molecule has 4 aliphatic carbocycles. The van der Waals surface area contributed by atoms with E-state index in [9.17, 15) is 18.5 Å². The number of hydrogen-bond acceptors (Lipinski definition) is 4. The Bertz CT molecular complexity index is 768. The summed E-state index contributed by atoms with van der Waals surface area (Å²) in [5, 5.41) is 11.0. The van der Waals surface area contributed by atoms with Gasteiger partial charge in [-0.1, -0.05) is 6.07 Å². The molecule has 4 saturated carbocycles. The van der Waals surface area contributed by atoms with Crippen molar-refractivity contribution in [3.8, 4) is 0 Å². The minimum Gasteiger partial charge on any atom is -0.258 e. The summed E-state index contributed by atoms with van der Waals surface area (Å²) in [4.78, 5) is 10.5. The number of aryl methyl sites for hydroxylation is 1. The van der Waals surface area contributed by atoms with E-state index in [2.05, 4.69) is 4.72 Å². The molecule has 4 bridgehead atoms. The molecule has 0 spiro atoms. The molecule has 7 heteroatoms. The van der Waals surface area contributed by atoms with Crippen LogP contribution in [-0.4, -0.2) is 18.9 Å². The van der Waals surface area contributed by atoms with Gasteiger partial charge in [0, 0.05) is 17.7 Å². The number of rotatable bonds is 4. The summed E-state index contributed by atoms with van der Waals surface area (Å²) in [7, 11) is -3.76. The fraction of sp³-hybridized carbons (Fsp3) is 0.647. The maximum atomic E-state index is 13.0. The van der Waals surface area contributed by atoms with Gasteiger partial charge in [0.25, 0.3) is 5.69 Å². The molecular formula is C17H22N2O4S. The summed E-state index contributed by atoms with van der Waals surface area (Å²) in [6, 6.07) is 4.03. The van der Waals surface area contributed by atoms with E-state index in [-0.39, 0.29) is 16.1 Å². The second-order valence-electron chi connectivity index (χ2n) is 8.01. The summed E-state index contributed by atoms with van der Waals surface area (Å²) in [6.07, 6.45) is 6.43. The molecule has 130 valence electrons. The fourth-order valence-electron chi connectivity index (χ4n) is 5.57. The van der Waals surface area contributed by atoms with Crippen LogP contribution in [0.2, 0.25) is 0 Å². The van der Waals surface area contributed by atoms with Gasteiger partial charge in [-0.05, 0) is 68.8 Å². The van der Waals surface area contributed by atoms with Crippen LogP contribution in [-0.2, 0) is 10.0 Å². The molecule has 0 heterocycles. The molecule has 4 aliphatic rings. The van der Waals surface area contributed by atoms with Crippen molar-refractivity contribution < 1.29 is 13.3 Å². The van der Waals surface area contributed by atoms with Crippen LogP contribution in [0.3, 0.4) is 0 Å². The van der Waals surface area contributed by atoms with Gasteiger partial charge in [-0.25, -0.2) is 13.1 Å². The van der Waals surface area contributed by atoms with Crippen LogP contribution in [0.15, 0.2) is 23.1 Å². The Morgan fingerprint density at radius 1 is 1.12 bits per heavy atom. The molecule has 1 aromatic rings. The number of nitrogens with one attached hydrogen (secondary N) is 1. The maximum Gasteiger partial charge on any atom is 0.270 e. The summed E-state index contributed by atoms with van der Waals surface area (Å²) in [6.45, 7) is 1.68. The van der Waals surface area contributed by atoms with Crippen molar-refractivity contribution in [2.75, 3.05) is 0 Å². The molecule has 0 saturated heterocycles. The van der Waals surface area contributed by atoms with Crippen molar-refractivity contribution >= 4 is 15.7 Å². The number of sulfonamides is 1. The van der Waals surface area contributed by atoms with Gasteiger partial charge in [-0.3, -0.25) is 10.1 Å². The van der Waals surface area contributed by atoms with Gasteiger partial charge in [-0.15, -0.1) is 0 Å². The van der Waals surface area contributed by atoms with Gasteiger partial charge in [-0.2, -0.15) is 0 Å². The molecule has 6 nitrogen and oxygen atoms in total. The Morgan fingerprint density at radius 3 is 2.17 bits per heavy atom. The molecule has 1 aromatic carbocycles. The average Bonchev–Trinajstić information content (AvgIpc) is 2.44. The minimum absolute atomic E-state index is 0.0347. The molecule has 24 heavy (non-hydrogen) atoms. The number of nitro groups is 1. The Kier molecular flexibility index (Phi) is 3.51. The molecule has 0 aliphatic heterocycles.